The number of benzene rings is 1. The van der Waals surface area contributed by atoms with Crippen LogP contribution in [0.25, 0.3) is 0 Å². The van der Waals surface area contributed by atoms with E-state index in [1.54, 1.807) is 12.0 Å². The van der Waals surface area contributed by atoms with E-state index in [1.165, 1.54) is 5.56 Å². The van der Waals surface area contributed by atoms with Crippen LogP contribution in [0.15, 0.2) is 30.3 Å². The maximum absolute atomic E-state index is 10.7. The molecule has 2 rings (SSSR count). The molecule has 0 amide bonds. The van der Waals surface area contributed by atoms with Crippen LogP contribution in [0.2, 0.25) is 18.1 Å². The Morgan fingerprint density at radius 3 is 2.06 bits per heavy atom. The third-order valence-corrected chi connectivity index (χ3v) is 10.1. The molecule has 0 saturated heterocycles. The first-order valence-corrected chi connectivity index (χ1v) is 13.8. The lowest BCUT2D eigenvalue weighted by atomic mass is 9.92. The molecule has 1 aromatic carbocycles. The van der Waals surface area contributed by atoms with E-state index in [1.807, 2.05) is 19.2 Å². The minimum atomic E-state index is -6.09. The Balaban J connectivity index is 0.000000512. The van der Waals surface area contributed by atoms with Gasteiger partial charge in [0.15, 0.2) is 15.0 Å². The van der Waals surface area contributed by atoms with Gasteiger partial charge in [-0.25, -0.2) is 8.42 Å². The van der Waals surface area contributed by atoms with Gasteiger partial charge in [0.25, 0.3) is 12.0 Å². The first-order chi connectivity index (χ1) is 13.8. The van der Waals surface area contributed by atoms with Gasteiger partial charge >= 0.3 is 13.8 Å². The third-order valence-electron chi connectivity index (χ3n) is 5.24. The molecule has 0 aliphatic carbocycles. The molecule has 0 saturated carbocycles. The van der Waals surface area contributed by atoms with Crippen molar-refractivity contribution < 1.29 is 45.1 Å². The van der Waals surface area contributed by atoms with Crippen molar-refractivity contribution in [1.82, 2.24) is 0 Å². The van der Waals surface area contributed by atoms with Crippen LogP contribution in [0.5, 0.6) is 0 Å². The van der Waals surface area contributed by atoms with Crippen molar-refractivity contribution in [2.75, 3.05) is 7.11 Å². The quantitative estimate of drug-likeness (QED) is 0.354. The molecule has 1 aliphatic heterocycles. The zero-order chi connectivity index (χ0) is 24.3. The smallest absolute Gasteiger partial charge is 0.485 e. The normalized spacial score (nSPS) is 22.5. The van der Waals surface area contributed by atoms with Crippen molar-refractivity contribution in [2.45, 2.75) is 69.5 Å². The molecule has 0 unspecified atom stereocenters. The molecule has 0 aromatic heterocycles. The zero-order valence-electron chi connectivity index (χ0n) is 18.7. The number of alkyl halides is 3. The Morgan fingerprint density at radius 1 is 1.19 bits per heavy atom. The largest absolute Gasteiger partial charge is 0.741 e. The summed E-state index contributed by atoms with van der Waals surface area (Å²) >= 11 is 0. The zero-order valence-corrected chi connectivity index (χ0v) is 20.5. The summed E-state index contributed by atoms with van der Waals surface area (Å²) in [6, 6.07) is 10.4. The van der Waals surface area contributed by atoms with E-state index in [4.69, 9.17) is 27.1 Å². The number of nitrogens with zero attached hydrogens (tertiary/aromatic N) is 1. The van der Waals surface area contributed by atoms with Crippen molar-refractivity contribution in [3.63, 3.8) is 0 Å². The van der Waals surface area contributed by atoms with Gasteiger partial charge in [-0.05, 0) is 23.7 Å². The Hall–Kier alpha value is -1.63. The van der Waals surface area contributed by atoms with E-state index in [0.717, 1.165) is 6.42 Å². The molecule has 0 radical (unpaired) electrons. The Labute approximate surface area is 182 Å². The monoisotopic (exact) mass is 485 g/mol. The van der Waals surface area contributed by atoms with E-state index in [0.29, 0.717) is 0 Å². The van der Waals surface area contributed by atoms with Gasteiger partial charge < -0.3 is 13.8 Å². The van der Waals surface area contributed by atoms with Crippen LogP contribution >= 0.6 is 0 Å². The first-order valence-electron chi connectivity index (χ1n) is 9.46. The number of ether oxygens (including phenoxy) is 1. The summed E-state index contributed by atoms with van der Waals surface area (Å²) in [6.07, 6.45) is 2.78. The van der Waals surface area contributed by atoms with E-state index in [2.05, 4.69) is 58.1 Å². The number of halogens is 3. The summed E-state index contributed by atoms with van der Waals surface area (Å²) in [5.74, 6) is -0.503. The molecule has 31 heavy (non-hydrogen) atoms. The number of hydrogen-bond donors (Lipinski definition) is 0. The van der Waals surface area contributed by atoms with Gasteiger partial charge in [0.1, 0.15) is 0 Å². The van der Waals surface area contributed by atoms with Gasteiger partial charge in [0.05, 0.1) is 5.92 Å². The highest BCUT2D eigenvalue weighted by molar-refractivity contribution is 7.86. The number of rotatable bonds is 4. The van der Waals surface area contributed by atoms with E-state index >= 15 is 0 Å². The van der Waals surface area contributed by atoms with Crippen LogP contribution in [0.1, 0.15) is 45.6 Å². The second-order valence-electron chi connectivity index (χ2n) is 8.84. The van der Waals surface area contributed by atoms with Crippen LogP contribution in [0, 0.1) is 0 Å². The van der Waals surface area contributed by atoms with Crippen LogP contribution in [-0.2, 0) is 24.2 Å². The van der Waals surface area contributed by atoms with Crippen molar-refractivity contribution in [1.29, 1.82) is 0 Å². The maximum Gasteiger partial charge on any atom is 0.485 e. The van der Waals surface area contributed by atoms with E-state index in [9.17, 15) is 13.2 Å². The predicted octanol–water partition coefficient (Wildman–Crippen LogP) is 4.54. The molecule has 0 spiro atoms. The second-order valence-corrected chi connectivity index (χ2v) is 14.9. The SMILES string of the molecule is CO[C@]1(C)C[C@@H](c2ccccc2)C=[N+](O[Si](C)(C)C(C)(C)C)O1.O=S(=O)([O-])C(F)(F)F. The highest BCUT2D eigenvalue weighted by Crippen LogP contribution is 2.38. The fraction of sp³-hybridized carbons (Fsp3) is 0.632. The number of hydrogen-bond acceptors (Lipinski definition) is 6. The molecule has 0 N–H and O–H groups in total. The van der Waals surface area contributed by atoms with Gasteiger partial charge in [-0.1, -0.05) is 51.1 Å². The minimum absolute atomic E-state index is 0.105. The van der Waals surface area contributed by atoms with Crippen molar-refractivity contribution >= 4 is 24.7 Å². The van der Waals surface area contributed by atoms with Crippen molar-refractivity contribution in [2.24, 2.45) is 0 Å². The van der Waals surface area contributed by atoms with Crippen LogP contribution < -0.4 is 0 Å². The summed E-state index contributed by atoms with van der Waals surface area (Å²) in [6.45, 7) is 13.0. The van der Waals surface area contributed by atoms with Gasteiger partial charge in [0, 0.05) is 20.5 Å². The average Bonchev–Trinajstić information content (AvgIpc) is 2.59. The Kier molecular flexibility index (Phi) is 8.37. The second kappa shape index (κ2) is 9.47. The summed E-state index contributed by atoms with van der Waals surface area (Å²) in [4.78, 5) is 7.53. The highest BCUT2D eigenvalue weighted by atomic mass is 32.2. The molecule has 12 heteroatoms. The Bertz CT molecular complexity index is 869. The standard InChI is InChI=1S/C18H30NO3Si.CHF3O3S/c1-17(2,3)23(6,7)22-19-14-16(13-18(4,20-5)21-19)15-11-9-8-10-12-15;2-1(3,4)8(5,6)7/h8-12,14,16H,13H2,1-7H3;(H,5,6,7)/q+1;/p-1/t16-,18+;/m1./s1. The topological polar surface area (TPSA) is 87.9 Å². The molecule has 7 nitrogen and oxygen atoms in total. The van der Waals surface area contributed by atoms with Crippen molar-refractivity contribution in [3.05, 3.63) is 35.9 Å². The van der Waals surface area contributed by atoms with E-state index < -0.39 is 29.7 Å². The molecular weight excluding hydrogens is 455 g/mol. The minimum Gasteiger partial charge on any atom is -0.741 e. The number of methoxy groups -OCH3 is 1. The van der Waals surface area contributed by atoms with Crippen LogP contribution in [0.3, 0.4) is 0 Å². The van der Waals surface area contributed by atoms with Gasteiger partial charge in [-0.3, -0.25) is 0 Å². The molecule has 0 bridgehead atoms. The third kappa shape index (κ3) is 7.77. The Morgan fingerprint density at radius 2 is 1.68 bits per heavy atom. The van der Waals surface area contributed by atoms with Crippen LogP contribution in [0.4, 0.5) is 13.2 Å². The lowest BCUT2D eigenvalue weighted by molar-refractivity contribution is -0.968. The molecule has 1 aliphatic rings. The molecular formula is C19H30F3NO6SSi. The lowest BCUT2D eigenvalue weighted by Crippen LogP contribution is -2.49. The first kappa shape index (κ1) is 27.4. The van der Waals surface area contributed by atoms with Crippen LogP contribution in [-0.4, -0.2) is 50.8 Å². The fourth-order valence-electron chi connectivity index (χ4n) is 2.29. The summed E-state index contributed by atoms with van der Waals surface area (Å²) in [7, 11) is -6.40. The summed E-state index contributed by atoms with van der Waals surface area (Å²) < 4.78 is 70.8. The van der Waals surface area contributed by atoms with Gasteiger partial charge in [-0.2, -0.15) is 18.0 Å². The lowest BCUT2D eigenvalue weighted by Gasteiger charge is -2.34. The molecule has 1 heterocycles. The predicted molar refractivity (Wildman–Crippen MR) is 111 cm³/mol. The average molecular weight is 486 g/mol. The molecule has 2 atom stereocenters. The fourth-order valence-corrected chi connectivity index (χ4v) is 3.11. The molecule has 1 aromatic rings. The molecule has 0 fully saturated rings. The molecule has 178 valence electrons. The van der Waals surface area contributed by atoms with Gasteiger partial charge in [-0.15, -0.1) is 0 Å². The van der Waals surface area contributed by atoms with E-state index in [-0.39, 0.29) is 11.0 Å². The summed E-state index contributed by atoms with van der Waals surface area (Å²) in [5, 5.41) is 0.105. The highest BCUT2D eigenvalue weighted by Gasteiger charge is 2.49. The van der Waals surface area contributed by atoms with Crippen molar-refractivity contribution in [3.8, 4) is 0 Å². The van der Waals surface area contributed by atoms with Gasteiger partial charge in [0.2, 0.25) is 0 Å². The maximum atomic E-state index is 10.7. The summed E-state index contributed by atoms with van der Waals surface area (Å²) in [5.41, 5.74) is -4.41.